The number of alkyl halides is 1. The van der Waals surface area contributed by atoms with Crippen LogP contribution in [0.25, 0.3) is 0 Å². The Morgan fingerprint density at radius 3 is 2.50 bits per heavy atom. The van der Waals surface area contributed by atoms with E-state index in [1.54, 1.807) is 6.20 Å². The number of hydrogen-bond acceptors (Lipinski definition) is 2. The molecule has 0 fully saturated rings. The van der Waals surface area contributed by atoms with Gasteiger partial charge in [-0.05, 0) is 24.0 Å². The molecule has 0 aliphatic carbocycles. The minimum absolute atomic E-state index is 0.149. The van der Waals surface area contributed by atoms with Crippen LogP contribution in [0.15, 0.2) is 18.3 Å². The largest absolute Gasteiger partial charge is 0.367 e. The van der Waals surface area contributed by atoms with Gasteiger partial charge < -0.3 is 5.32 Å². The zero-order valence-electron chi connectivity index (χ0n) is 9.93. The molecule has 4 heteroatoms. The van der Waals surface area contributed by atoms with E-state index in [9.17, 15) is 0 Å². The first-order valence-electron chi connectivity index (χ1n) is 5.37. The van der Waals surface area contributed by atoms with E-state index < -0.39 is 0 Å². The molecule has 0 bridgehead atoms. The van der Waals surface area contributed by atoms with E-state index in [0.717, 1.165) is 12.2 Å². The first kappa shape index (κ1) is 13.6. The molecule has 0 aliphatic heterocycles. The van der Waals surface area contributed by atoms with E-state index in [2.05, 4.69) is 31.1 Å². The number of hydrogen-bond donors (Lipinski definition) is 1. The Morgan fingerprint density at radius 2 is 2.06 bits per heavy atom. The Labute approximate surface area is 107 Å². The summed E-state index contributed by atoms with van der Waals surface area (Å²) in [6, 6.07) is 4.02. The zero-order chi connectivity index (χ0) is 12.2. The summed E-state index contributed by atoms with van der Waals surface area (Å²) in [5.74, 6) is 1.48. The van der Waals surface area contributed by atoms with Gasteiger partial charge in [-0.3, -0.25) is 0 Å². The monoisotopic (exact) mass is 260 g/mol. The smallest absolute Gasteiger partial charge is 0.126 e. The van der Waals surface area contributed by atoms with Gasteiger partial charge in [0.05, 0.1) is 5.02 Å². The Bertz CT molecular complexity index is 317. The van der Waals surface area contributed by atoms with Gasteiger partial charge in [0.25, 0.3) is 0 Å². The third-order valence-electron chi connectivity index (χ3n) is 2.49. The molecule has 1 heterocycles. The number of rotatable bonds is 4. The molecule has 0 spiro atoms. The predicted molar refractivity (Wildman–Crippen MR) is 71.4 cm³/mol. The van der Waals surface area contributed by atoms with E-state index in [1.165, 1.54) is 0 Å². The van der Waals surface area contributed by atoms with Crippen molar-refractivity contribution >= 4 is 29.0 Å². The van der Waals surface area contributed by atoms with Crippen LogP contribution < -0.4 is 5.32 Å². The van der Waals surface area contributed by atoms with Gasteiger partial charge in [-0.15, -0.1) is 11.6 Å². The second-order valence-electron chi connectivity index (χ2n) is 4.90. The molecule has 16 heavy (non-hydrogen) atoms. The van der Waals surface area contributed by atoms with E-state index in [4.69, 9.17) is 23.2 Å². The van der Waals surface area contributed by atoms with Crippen LogP contribution in [0.4, 0.5) is 5.82 Å². The third-order valence-corrected chi connectivity index (χ3v) is 2.93. The number of nitrogens with one attached hydrogen (secondary N) is 1. The molecule has 2 nitrogen and oxygen atoms in total. The minimum atomic E-state index is 0.149. The average Bonchev–Trinajstić information content (AvgIpc) is 2.19. The quantitative estimate of drug-likeness (QED) is 0.822. The van der Waals surface area contributed by atoms with Crippen LogP contribution >= 0.6 is 23.2 Å². The molecule has 1 rings (SSSR count). The highest BCUT2D eigenvalue weighted by Gasteiger charge is 2.24. The van der Waals surface area contributed by atoms with Gasteiger partial charge in [-0.2, -0.15) is 0 Å². The van der Waals surface area contributed by atoms with Gasteiger partial charge in [-0.25, -0.2) is 4.98 Å². The van der Waals surface area contributed by atoms with Crippen molar-refractivity contribution < 1.29 is 0 Å². The minimum Gasteiger partial charge on any atom is -0.367 e. The lowest BCUT2D eigenvalue weighted by Crippen LogP contribution is -2.34. The first-order chi connectivity index (χ1) is 7.43. The van der Waals surface area contributed by atoms with Crippen LogP contribution in [0.2, 0.25) is 5.02 Å². The van der Waals surface area contributed by atoms with Crippen molar-refractivity contribution in [3.8, 4) is 0 Å². The summed E-state index contributed by atoms with van der Waals surface area (Å²) in [6.45, 7) is 6.56. The highest BCUT2D eigenvalue weighted by atomic mass is 35.5. The summed E-state index contributed by atoms with van der Waals surface area (Å²) in [4.78, 5) is 4.23. The van der Waals surface area contributed by atoms with Gasteiger partial charge >= 0.3 is 0 Å². The van der Waals surface area contributed by atoms with Gasteiger partial charge in [0.2, 0.25) is 0 Å². The first-order valence-corrected chi connectivity index (χ1v) is 6.29. The molecule has 0 saturated carbocycles. The summed E-state index contributed by atoms with van der Waals surface area (Å²) in [5, 5.41) is 4.04. The van der Waals surface area contributed by atoms with Crippen molar-refractivity contribution in [2.24, 2.45) is 5.41 Å². The lowest BCUT2D eigenvalue weighted by atomic mass is 9.85. The molecule has 0 aromatic carbocycles. The van der Waals surface area contributed by atoms with Gasteiger partial charge in [0.1, 0.15) is 5.82 Å². The van der Waals surface area contributed by atoms with Crippen molar-refractivity contribution in [1.82, 2.24) is 4.98 Å². The van der Waals surface area contributed by atoms with E-state index >= 15 is 0 Å². The fourth-order valence-electron chi connectivity index (χ4n) is 1.47. The van der Waals surface area contributed by atoms with Gasteiger partial charge in [0.15, 0.2) is 0 Å². The summed E-state index contributed by atoms with van der Waals surface area (Å²) >= 11 is 11.6. The number of pyridine rings is 1. The Morgan fingerprint density at radius 1 is 1.38 bits per heavy atom. The summed E-state index contributed by atoms with van der Waals surface area (Å²) in [5.41, 5.74) is 0.149. The van der Waals surface area contributed by atoms with Crippen molar-refractivity contribution in [1.29, 1.82) is 0 Å². The van der Waals surface area contributed by atoms with Crippen molar-refractivity contribution in [2.75, 3.05) is 11.2 Å². The molecule has 1 aromatic rings. The molecule has 90 valence electrons. The number of halogens is 2. The van der Waals surface area contributed by atoms with Crippen LogP contribution in [0, 0.1) is 5.41 Å². The fourth-order valence-corrected chi connectivity index (χ4v) is 1.80. The van der Waals surface area contributed by atoms with Crippen LogP contribution in [-0.2, 0) is 0 Å². The molecule has 1 unspecified atom stereocenters. The fraction of sp³-hybridized carbons (Fsp3) is 0.583. The van der Waals surface area contributed by atoms with Gasteiger partial charge in [0, 0.05) is 18.1 Å². The lowest BCUT2D eigenvalue weighted by molar-refractivity contribution is 0.334. The molecule has 0 radical (unpaired) electrons. The SMILES string of the molecule is CC(C)(C)C(CCCl)Nc1ccc(Cl)cn1. The molecular formula is C12H18Cl2N2. The Kier molecular flexibility index (Phi) is 4.88. The highest BCUT2D eigenvalue weighted by Crippen LogP contribution is 2.25. The maximum Gasteiger partial charge on any atom is 0.126 e. The van der Waals surface area contributed by atoms with Crippen molar-refractivity contribution in [2.45, 2.75) is 33.2 Å². The number of nitrogens with zero attached hydrogens (tertiary/aromatic N) is 1. The molecular weight excluding hydrogens is 243 g/mol. The number of anilines is 1. The molecule has 1 aromatic heterocycles. The molecule has 1 atom stereocenters. The van der Waals surface area contributed by atoms with Crippen LogP contribution in [0.3, 0.4) is 0 Å². The van der Waals surface area contributed by atoms with E-state index in [-0.39, 0.29) is 5.41 Å². The number of aromatic nitrogens is 1. The molecule has 0 aliphatic rings. The average molecular weight is 261 g/mol. The summed E-state index contributed by atoms with van der Waals surface area (Å²) in [7, 11) is 0. The standard InChI is InChI=1S/C12H18Cl2N2/c1-12(2,3)10(6-7-13)16-11-5-4-9(14)8-15-11/h4-5,8,10H,6-7H2,1-3H3,(H,15,16). The second kappa shape index (κ2) is 5.74. The Balaban J connectivity index is 2.72. The third kappa shape index (κ3) is 4.18. The molecule has 0 amide bonds. The van der Waals surface area contributed by atoms with Crippen LogP contribution in [0.5, 0.6) is 0 Å². The van der Waals surface area contributed by atoms with Crippen molar-refractivity contribution in [3.05, 3.63) is 23.4 Å². The maximum absolute atomic E-state index is 5.81. The predicted octanol–water partition coefficient (Wildman–Crippen LogP) is 4.19. The molecule has 0 saturated heterocycles. The van der Waals surface area contributed by atoms with Crippen LogP contribution in [-0.4, -0.2) is 16.9 Å². The van der Waals surface area contributed by atoms with E-state index in [0.29, 0.717) is 16.9 Å². The van der Waals surface area contributed by atoms with Crippen LogP contribution in [0.1, 0.15) is 27.2 Å². The lowest BCUT2D eigenvalue weighted by Gasteiger charge is -2.31. The second-order valence-corrected chi connectivity index (χ2v) is 5.72. The zero-order valence-corrected chi connectivity index (χ0v) is 11.4. The van der Waals surface area contributed by atoms with Gasteiger partial charge in [-0.1, -0.05) is 32.4 Å². The summed E-state index contributed by atoms with van der Waals surface area (Å²) < 4.78 is 0. The maximum atomic E-state index is 5.81. The normalized spacial score (nSPS) is 13.6. The highest BCUT2D eigenvalue weighted by molar-refractivity contribution is 6.30. The Hall–Kier alpha value is -0.470. The summed E-state index contributed by atoms with van der Waals surface area (Å²) in [6.07, 6.45) is 2.56. The van der Waals surface area contributed by atoms with E-state index in [1.807, 2.05) is 12.1 Å². The molecule has 1 N–H and O–H groups in total. The topological polar surface area (TPSA) is 24.9 Å². The van der Waals surface area contributed by atoms with Crippen molar-refractivity contribution in [3.63, 3.8) is 0 Å².